The Morgan fingerprint density at radius 3 is 2.38 bits per heavy atom. The van der Waals surface area contributed by atoms with E-state index in [1.807, 2.05) is 13.8 Å². The quantitative estimate of drug-likeness (QED) is 0.561. The lowest BCUT2D eigenvalue weighted by Gasteiger charge is -2.13. The maximum Gasteiger partial charge on any atom is 0.256 e. The van der Waals surface area contributed by atoms with Crippen molar-refractivity contribution in [2.75, 3.05) is 18.5 Å². The molecular weight excluding hydrogens is 377 g/mol. The Labute approximate surface area is 167 Å². The van der Waals surface area contributed by atoms with Crippen molar-refractivity contribution in [3.8, 4) is 22.8 Å². The Morgan fingerprint density at radius 1 is 1.00 bits per heavy atom. The molecule has 0 spiro atoms. The Kier molecular flexibility index (Phi) is 6.78. The molecule has 3 aromatic rings. The monoisotopic (exact) mass is 399 g/mol. The fraction of sp³-hybridized carbons (Fsp3) is 0.286. The Bertz CT molecular complexity index is 957. The lowest BCUT2D eigenvalue weighted by atomic mass is 10.1. The number of halogens is 1. The van der Waals surface area contributed by atoms with Gasteiger partial charge in [-0.1, -0.05) is 13.8 Å². The van der Waals surface area contributed by atoms with Gasteiger partial charge >= 0.3 is 0 Å². The third-order valence-electron chi connectivity index (χ3n) is 3.97. The van der Waals surface area contributed by atoms with Gasteiger partial charge in [0, 0.05) is 11.1 Å². The zero-order valence-corrected chi connectivity index (χ0v) is 16.3. The summed E-state index contributed by atoms with van der Waals surface area (Å²) in [7, 11) is 0. The number of amides is 1. The van der Waals surface area contributed by atoms with Crippen LogP contribution in [0.4, 0.5) is 10.2 Å². The molecule has 0 saturated carbocycles. The molecule has 3 rings (SSSR count). The van der Waals surface area contributed by atoms with E-state index in [0.29, 0.717) is 36.0 Å². The number of nitrogens with zero attached hydrogens (tertiary/aromatic N) is 2. The van der Waals surface area contributed by atoms with Gasteiger partial charge in [0.15, 0.2) is 17.2 Å². The first kappa shape index (κ1) is 20.3. The van der Waals surface area contributed by atoms with Crippen LogP contribution in [0.1, 0.15) is 37.0 Å². The molecule has 0 radical (unpaired) electrons. The first-order chi connectivity index (χ1) is 14.1. The van der Waals surface area contributed by atoms with Crippen LogP contribution in [0.15, 0.2) is 47.1 Å². The van der Waals surface area contributed by atoms with Gasteiger partial charge in [-0.3, -0.25) is 4.79 Å². The lowest BCUT2D eigenvalue weighted by Crippen LogP contribution is -2.12. The van der Waals surface area contributed by atoms with Crippen LogP contribution in [0.5, 0.6) is 11.5 Å². The summed E-state index contributed by atoms with van der Waals surface area (Å²) >= 11 is 0. The minimum absolute atomic E-state index is 0.156. The summed E-state index contributed by atoms with van der Waals surface area (Å²) in [6.45, 7) is 5.16. The summed E-state index contributed by atoms with van der Waals surface area (Å²) in [6, 6.07) is 10.5. The fourth-order valence-electron chi connectivity index (χ4n) is 2.55. The molecule has 0 fully saturated rings. The van der Waals surface area contributed by atoms with E-state index in [4.69, 9.17) is 14.1 Å². The van der Waals surface area contributed by atoms with Crippen molar-refractivity contribution in [2.45, 2.75) is 26.7 Å². The summed E-state index contributed by atoms with van der Waals surface area (Å²) in [5.41, 5.74) is 1.29. The topological polar surface area (TPSA) is 86.5 Å². The molecule has 0 aliphatic carbocycles. The van der Waals surface area contributed by atoms with Crippen LogP contribution in [0.3, 0.4) is 0 Å². The number of carbonyl (C=O) groups excluding carboxylic acids is 1. The highest BCUT2D eigenvalue weighted by Gasteiger charge is 2.18. The van der Waals surface area contributed by atoms with Gasteiger partial charge in [-0.05, 0) is 65.6 Å². The molecule has 0 bridgehead atoms. The molecular formula is C21H22FN3O4. The number of ether oxygens (including phenoxy) is 2. The highest BCUT2D eigenvalue weighted by Crippen LogP contribution is 2.34. The zero-order chi connectivity index (χ0) is 20.6. The second-order valence-corrected chi connectivity index (χ2v) is 6.28. The van der Waals surface area contributed by atoms with Gasteiger partial charge in [-0.15, -0.1) is 0 Å². The zero-order valence-electron chi connectivity index (χ0n) is 16.3. The van der Waals surface area contributed by atoms with Crippen LogP contribution in [0.25, 0.3) is 11.3 Å². The Balaban J connectivity index is 1.84. The van der Waals surface area contributed by atoms with Crippen LogP contribution < -0.4 is 14.8 Å². The van der Waals surface area contributed by atoms with Crippen molar-refractivity contribution in [1.29, 1.82) is 0 Å². The van der Waals surface area contributed by atoms with Crippen LogP contribution >= 0.6 is 0 Å². The molecule has 0 unspecified atom stereocenters. The summed E-state index contributed by atoms with van der Waals surface area (Å²) < 4.78 is 29.4. The number of anilines is 1. The molecule has 29 heavy (non-hydrogen) atoms. The second-order valence-electron chi connectivity index (χ2n) is 6.28. The van der Waals surface area contributed by atoms with E-state index in [2.05, 4.69) is 15.6 Å². The van der Waals surface area contributed by atoms with Gasteiger partial charge in [0.05, 0.1) is 13.2 Å². The smallest absolute Gasteiger partial charge is 0.256 e. The standard InChI is InChI=1S/C21H22FN3O4/c1-3-11-27-17-10-7-15(13-18(17)28-12-4-2)19-20(25-29-24-19)23-21(26)14-5-8-16(22)9-6-14/h5-10,13H,3-4,11-12H2,1-2H3,(H,23,25,26). The maximum absolute atomic E-state index is 13.1. The van der Waals surface area contributed by atoms with Crippen molar-refractivity contribution in [3.63, 3.8) is 0 Å². The summed E-state index contributed by atoms with van der Waals surface area (Å²) in [4.78, 5) is 12.4. The van der Waals surface area contributed by atoms with E-state index in [9.17, 15) is 9.18 Å². The number of hydrogen-bond donors (Lipinski definition) is 1. The van der Waals surface area contributed by atoms with E-state index in [0.717, 1.165) is 12.8 Å². The second kappa shape index (κ2) is 9.68. The molecule has 0 aliphatic heterocycles. The number of carbonyl (C=O) groups is 1. The molecule has 1 aromatic heterocycles. The van der Waals surface area contributed by atoms with Crippen LogP contribution in [-0.4, -0.2) is 29.4 Å². The molecule has 1 N–H and O–H groups in total. The third-order valence-corrected chi connectivity index (χ3v) is 3.97. The Morgan fingerprint density at radius 2 is 1.69 bits per heavy atom. The predicted octanol–water partition coefficient (Wildman–Crippen LogP) is 4.71. The van der Waals surface area contributed by atoms with E-state index >= 15 is 0 Å². The number of aromatic nitrogens is 2. The van der Waals surface area contributed by atoms with E-state index < -0.39 is 11.7 Å². The first-order valence-corrected chi connectivity index (χ1v) is 9.41. The number of benzene rings is 2. The van der Waals surface area contributed by atoms with Gasteiger partial charge < -0.3 is 14.8 Å². The highest BCUT2D eigenvalue weighted by atomic mass is 19.1. The van der Waals surface area contributed by atoms with E-state index in [1.165, 1.54) is 24.3 Å². The molecule has 0 atom stereocenters. The van der Waals surface area contributed by atoms with Crippen LogP contribution in [0, 0.1) is 5.82 Å². The first-order valence-electron chi connectivity index (χ1n) is 9.41. The summed E-state index contributed by atoms with van der Waals surface area (Å²) in [6.07, 6.45) is 1.73. The van der Waals surface area contributed by atoms with Crippen molar-refractivity contribution in [1.82, 2.24) is 10.3 Å². The predicted molar refractivity (Wildman–Crippen MR) is 106 cm³/mol. The van der Waals surface area contributed by atoms with Gasteiger partial charge in [-0.25, -0.2) is 9.02 Å². The molecule has 0 saturated heterocycles. The lowest BCUT2D eigenvalue weighted by molar-refractivity contribution is 0.102. The number of nitrogens with one attached hydrogen (secondary N) is 1. The molecule has 1 heterocycles. The van der Waals surface area contributed by atoms with Crippen molar-refractivity contribution < 1.29 is 23.3 Å². The summed E-state index contributed by atoms with van der Waals surface area (Å²) in [5, 5.41) is 10.3. The van der Waals surface area contributed by atoms with Gasteiger partial charge in [-0.2, -0.15) is 0 Å². The van der Waals surface area contributed by atoms with Crippen molar-refractivity contribution >= 4 is 11.7 Å². The summed E-state index contributed by atoms with van der Waals surface area (Å²) in [5.74, 6) is 0.500. The number of rotatable bonds is 9. The van der Waals surface area contributed by atoms with Crippen molar-refractivity contribution in [3.05, 3.63) is 53.8 Å². The fourth-order valence-corrected chi connectivity index (χ4v) is 2.55. The Hall–Kier alpha value is -3.42. The third kappa shape index (κ3) is 5.10. The average Bonchev–Trinajstić information content (AvgIpc) is 3.19. The molecule has 7 nitrogen and oxygen atoms in total. The minimum Gasteiger partial charge on any atom is -0.490 e. The van der Waals surface area contributed by atoms with Crippen LogP contribution in [0.2, 0.25) is 0 Å². The van der Waals surface area contributed by atoms with Gasteiger partial charge in [0.25, 0.3) is 5.91 Å². The van der Waals surface area contributed by atoms with E-state index in [-0.39, 0.29) is 11.4 Å². The molecule has 0 aliphatic rings. The largest absolute Gasteiger partial charge is 0.490 e. The highest BCUT2D eigenvalue weighted by molar-refractivity contribution is 6.05. The van der Waals surface area contributed by atoms with E-state index in [1.54, 1.807) is 18.2 Å². The number of hydrogen-bond acceptors (Lipinski definition) is 6. The van der Waals surface area contributed by atoms with Crippen LogP contribution in [-0.2, 0) is 0 Å². The minimum atomic E-state index is -0.452. The molecule has 2 aromatic carbocycles. The molecule has 1 amide bonds. The SMILES string of the molecule is CCCOc1ccc(-c2nonc2NC(=O)c2ccc(F)cc2)cc1OCCC. The van der Waals surface area contributed by atoms with Gasteiger partial charge in [0.1, 0.15) is 5.82 Å². The average molecular weight is 399 g/mol. The maximum atomic E-state index is 13.1. The molecule has 8 heteroatoms. The molecule has 152 valence electrons. The van der Waals surface area contributed by atoms with Crippen molar-refractivity contribution in [2.24, 2.45) is 0 Å². The van der Waals surface area contributed by atoms with Gasteiger partial charge in [0.2, 0.25) is 5.82 Å². The normalized spacial score (nSPS) is 10.6.